The molecule has 11 heteroatoms. The van der Waals surface area contributed by atoms with Crippen molar-refractivity contribution in [1.82, 2.24) is 10.4 Å². The van der Waals surface area contributed by atoms with Gasteiger partial charge in [0.2, 0.25) is 11.8 Å². The number of anilines is 1. The molecule has 34 heavy (non-hydrogen) atoms. The maximum Gasteiger partial charge on any atom is 0.282 e. The van der Waals surface area contributed by atoms with Crippen molar-refractivity contribution in [1.29, 1.82) is 0 Å². The van der Waals surface area contributed by atoms with Crippen LogP contribution in [-0.2, 0) is 20.8 Å². The summed E-state index contributed by atoms with van der Waals surface area (Å²) in [4.78, 5) is 64.4. The van der Waals surface area contributed by atoms with Gasteiger partial charge in [0.25, 0.3) is 17.5 Å². The molecule has 0 radical (unpaired) electrons. The van der Waals surface area contributed by atoms with Crippen molar-refractivity contribution in [2.45, 2.75) is 18.9 Å². The van der Waals surface area contributed by atoms with E-state index in [1.54, 1.807) is 47.8 Å². The van der Waals surface area contributed by atoms with Crippen LogP contribution in [0.3, 0.4) is 0 Å². The molecule has 1 fully saturated rings. The van der Waals surface area contributed by atoms with Crippen molar-refractivity contribution in [2.75, 3.05) is 4.90 Å². The number of nitrogens with one attached hydrogen (secondary N) is 1. The normalized spacial score (nSPS) is 15.3. The molecule has 0 bridgehead atoms. The van der Waals surface area contributed by atoms with Gasteiger partial charge in [-0.25, -0.2) is 9.91 Å². The Kier molecular flexibility index (Phi) is 6.46. The largest absolute Gasteiger partial charge is 0.282 e. The van der Waals surface area contributed by atoms with Crippen molar-refractivity contribution in [3.63, 3.8) is 0 Å². The van der Waals surface area contributed by atoms with Crippen LogP contribution in [0.1, 0.15) is 21.7 Å². The number of nitro groups is 1. The summed E-state index contributed by atoms with van der Waals surface area (Å²) >= 11 is 1.32. The molecule has 3 aromatic rings. The molecule has 2 heterocycles. The molecule has 1 aliphatic heterocycles. The van der Waals surface area contributed by atoms with Crippen LogP contribution in [-0.4, -0.2) is 39.6 Å². The van der Waals surface area contributed by atoms with Crippen LogP contribution < -0.4 is 10.3 Å². The first-order chi connectivity index (χ1) is 16.4. The Morgan fingerprint density at radius 3 is 2.44 bits per heavy atom. The van der Waals surface area contributed by atoms with Gasteiger partial charge in [-0.2, -0.15) is 0 Å². The van der Waals surface area contributed by atoms with Crippen LogP contribution in [0.4, 0.5) is 11.4 Å². The van der Waals surface area contributed by atoms with E-state index in [0.717, 1.165) is 16.0 Å². The quantitative estimate of drug-likeness (QED) is 0.329. The first kappa shape index (κ1) is 22.8. The lowest BCUT2D eigenvalue weighted by Crippen LogP contribution is -2.55. The highest BCUT2D eigenvalue weighted by atomic mass is 32.1. The molecule has 172 valence electrons. The van der Waals surface area contributed by atoms with Crippen LogP contribution in [0.5, 0.6) is 0 Å². The van der Waals surface area contributed by atoms with E-state index in [0.29, 0.717) is 10.6 Å². The Balaban J connectivity index is 1.66. The van der Waals surface area contributed by atoms with Gasteiger partial charge in [0, 0.05) is 10.9 Å². The maximum atomic E-state index is 13.2. The molecule has 1 N–H and O–H groups in total. The lowest BCUT2D eigenvalue weighted by atomic mass is 10.1. The zero-order chi connectivity index (χ0) is 24.2. The molecular formula is C23H18N4O6S. The minimum absolute atomic E-state index is 0.127. The summed E-state index contributed by atoms with van der Waals surface area (Å²) in [5.74, 6) is -2.78. The number of amides is 4. The van der Waals surface area contributed by atoms with E-state index < -0.39 is 40.3 Å². The summed E-state index contributed by atoms with van der Waals surface area (Å²) in [6, 6.07) is 15.7. The summed E-state index contributed by atoms with van der Waals surface area (Å²) in [6.45, 7) is 0. The summed E-state index contributed by atoms with van der Waals surface area (Å²) in [5.41, 5.74) is 1.96. The highest BCUT2D eigenvalue weighted by Crippen LogP contribution is 2.26. The Hall–Kier alpha value is -4.38. The predicted octanol–water partition coefficient (Wildman–Crippen LogP) is 2.70. The van der Waals surface area contributed by atoms with E-state index in [9.17, 15) is 29.3 Å². The topological polar surface area (TPSA) is 130 Å². The molecule has 1 aliphatic rings. The van der Waals surface area contributed by atoms with Crippen LogP contribution in [0.25, 0.3) is 0 Å². The summed E-state index contributed by atoms with van der Waals surface area (Å²) < 4.78 is 0. The zero-order valence-corrected chi connectivity index (χ0v) is 18.4. The Morgan fingerprint density at radius 1 is 1.06 bits per heavy atom. The standard InChI is InChI=1S/C23H18N4O6S/c28-20-14-19(23(31)25(20)15-7-2-1-3-8-15)26(21(29)13-16-9-6-12-34-16)24-22(30)17-10-4-5-11-18(17)27(32)33/h1-12,19H,13-14H2,(H,24,30). The van der Waals surface area contributed by atoms with Gasteiger partial charge >= 0.3 is 0 Å². The third-order valence-electron chi connectivity index (χ3n) is 5.19. The van der Waals surface area contributed by atoms with Crippen LogP contribution in [0.2, 0.25) is 0 Å². The number of hydrogen-bond donors (Lipinski definition) is 1. The van der Waals surface area contributed by atoms with Gasteiger partial charge < -0.3 is 0 Å². The number of imide groups is 1. The van der Waals surface area contributed by atoms with Crippen molar-refractivity contribution in [3.05, 3.63) is 92.7 Å². The highest BCUT2D eigenvalue weighted by molar-refractivity contribution is 7.10. The molecule has 1 atom stereocenters. The fourth-order valence-electron chi connectivity index (χ4n) is 3.62. The van der Waals surface area contributed by atoms with Gasteiger partial charge in [-0.15, -0.1) is 11.3 Å². The van der Waals surface area contributed by atoms with E-state index in [2.05, 4.69) is 5.43 Å². The van der Waals surface area contributed by atoms with Crippen LogP contribution in [0.15, 0.2) is 72.1 Å². The lowest BCUT2D eigenvalue weighted by Gasteiger charge is -2.27. The third kappa shape index (κ3) is 4.55. The number of hydrogen-bond acceptors (Lipinski definition) is 7. The van der Waals surface area contributed by atoms with E-state index in [4.69, 9.17) is 0 Å². The maximum absolute atomic E-state index is 13.2. The van der Waals surface area contributed by atoms with Crippen LogP contribution >= 0.6 is 11.3 Å². The molecule has 0 spiro atoms. The van der Waals surface area contributed by atoms with Crippen molar-refractivity contribution in [2.24, 2.45) is 0 Å². The molecule has 2 aromatic carbocycles. The smallest absolute Gasteiger partial charge is 0.274 e. The second-order valence-corrected chi connectivity index (χ2v) is 8.39. The number of benzene rings is 2. The molecule has 4 rings (SSSR count). The number of nitro benzene ring substituents is 1. The molecule has 1 unspecified atom stereocenters. The number of hydrazine groups is 1. The number of para-hydroxylation sites is 2. The fourth-order valence-corrected chi connectivity index (χ4v) is 4.32. The number of rotatable bonds is 6. The second kappa shape index (κ2) is 9.63. The zero-order valence-electron chi connectivity index (χ0n) is 17.6. The van der Waals surface area contributed by atoms with E-state index in [1.165, 1.54) is 29.5 Å². The third-order valence-corrected chi connectivity index (χ3v) is 6.07. The van der Waals surface area contributed by atoms with E-state index in [1.807, 2.05) is 0 Å². The molecule has 0 aliphatic carbocycles. The summed E-state index contributed by atoms with van der Waals surface area (Å²) in [6.07, 6.45) is -0.473. The van der Waals surface area contributed by atoms with Gasteiger partial charge in [-0.3, -0.25) is 34.7 Å². The first-order valence-electron chi connectivity index (χ1n) is 10.2. The van der Waals surface area contributed by atoms with E-state index in [-0.39, 0.29) is 18.4 Å². The number of thiophene rings is 1. The monoisotopic (exact) mass is 478 g/mol. The van der Waals surface area contributed by atoms with Gasteiger partial charge in [0.05, 0.1) is 23.5 Å². The molecule has 4 amide bonds. The molecular weight excluding hydrogens is 460 g/mol. The second-order valence-electron chi connectivity index (χ2n) is 7.36. The minimum atomic E-state index is -1.30. The Bertz CT molecular complexity index is 1260. The van der Waals surface area contributed by atoms with Gasteiger partial charge in [-0.05, 0) is 29.6 Å². The number of carbonyl (C=O) groups excluding carboxylic acids is 4. The van der Waals surface area contributed by atoms with Crippen LogP contribution in [0, 0.1) is 10.1 Å². The van der Waals surface area contributed by atoms with Crippen molar-refractivity contribution < 1.29 is 24.1 Å². The summed E-state index contributed by atoms with van der Waals surface area (Å²) in [7, 11) is 0. The van der Waals surface area contributed by atoms with Gasteiger partial charge in [0.1, 0.15) is 11.6 Å². The molecule has 0 saturated carbocycles. The van der Waals surface area contributed by atoms with Gasteiger partial charge in [0.15, 0.2) is 0 Å². The summed E-state index contributed by atoms with van der Waals surface area (Å²) in [5, 5.41) is 13.9. The lowest BCUT2D eigenvalue weighted by molar-refractivity contribution is -0.385. The average Bonchev–Trinajstić information content (AvgIpc) is 3.44. The number of nitrogens with zero attached hydrogens (tertiary/aromatic N) is 3. The number of carbonyl (C=O) groups is 4. The molecule has 1 aromatic heterocycles. The minimum Gasteiger partial charge on any atom is -0.274 e. The van der Waals surface area contributed by atoms with E-state index >= 15 is 0 Å². The Morgan fingerprint density at radius 2 is 1.76 bits per heavy atom. The molecule has 10 nitrogen and oxygen atoms in total. The fraction of sp³-hybridized carbons (Fsp3) is 0.130. The predicted molar refractivity (Wildman–Crippen MR) is 123 cm³/mol. The Labute approximate surface area is 197 Å². The average molecular weight is 478 g/mol. The highest BCUT2D eigenvalue weighted by Gasteiger charge is 2.45. The SMILES string of the molecule is O=C(NN(C(=O)Cc1cccs1)C1CC(=O)N(c2ccccc2)C1=O)c1ccccc1[N+](=O)[O-]. The van der Waals surface area contributed by atoms with Crippen molar-refractivity contribution in [3.8, 4) is 0 Å². The first-order valence-corrected chi connectivity index (χ1v) is 11.1. The van der Waals surface area contributed by atoms with Crippen molar-refractivity contribution >= 4 is 46.3 Å². The molecule has 1 saturated heterocycles. The van der Waals surface area contributed by atoms with Gasteiger partial charge in [-0.1, -0.05) is 36.4 Å².